The van der Waals surface area contributed by atoms with Crippen LogP contribution in [0.4, 0.5) is 15.9 Å². The predicted molar refractivity (Wildman–Crippen MR) is 111 cm³/mol. The summed E-state index contributed by atoms with van der Waals surface area (Å²) in [5.41, 5.74) is 1.74. The Morgan fingerprint density at radius 1 is 1.27 bits per heavy atom. The smallest absolute Gasteiger partial charge is 0.275 e. The number of hydrogen-bond acceptors (Lipinski definition) is 6. The maximum absolute atomic E-state index is 14.2. The first-order valence-electron chi connectivity index (χ1n) is 10.2. The lowest BCUT2D eigenvalue weighted by atomic mass is 9.97. The number of imidazole rings is 1. The molecular weight excluding hydrogens is 385 g/mol. The molecule has 1 amide bonds. The van der Waals surface area contributed by atoms with Gasteiger partial charge in [-0.05, 0) is 39.2 Å². The second-order valence-corrected chi connectivity index (χ2v) is 8.24. The van der Waals surface area contributed by atoms with Crippen molar-refractivity contribution in [2.24, 2.45) is 5.92 Å². The highest BCUT2D eigenvalue weighted by atomic mass is 19.1. The number of nitrogens with one attached hydrogen (secondary N) is 2. The Morgan fingerprint density at radius 2 is 2.10 bits per heavy atom. The van der Waals surface area contributed by atoms with Crippen molar-refractivity contribution in [2.45, 2.75) is 31.7 Å². The highest BCUT2D eigenvalue weighted by Crippen LogP contribution is 2.46. The van der Waals surface area contributed by atoms with Crippen LogP contribution in [0, 0.1) is 18.7 Å². The second kappa shape index (κ2) is 7.02. The first kappa shape index (κ1) is 18.9. The molecule has 1 saturated carbocycles. The van der Waals surface area contributed by atoms with E-state index in [1.54, 1.807) is 29.9 Å². The van der Waals surface area contributed by atoms with E-state index < -0.39 is 11.7 Å². The lowest BCUT2D eigenvalue weighted by Crippen LogP contribution is -2.37. The molecule has 1 atom stereocenters. The number of halogens is 1. The average molecular weight is 409 g/mol. The summed E-state index contributed by atoms with van der Waals surface area (Å²) in [7, 11) is 2.04. The van der Waals surface area contributed by atoms with E-state index in [-0.39, 0.29) is 11.3 Å². The van der Waals surface area contributed by atoms with Crippen LogP contribution in [0.25, 0.3) is 5.65 Å². The van der Waals surface area contributed by atoms with Crippen molar-refractivity contribution in [3.63, 3.8) is 0 Å². The summed E-state index contributed by atoms with van der Waals surface area (Å²) in [4.78, 5) is 27.6. The van der Waals surface area contributed by atoms with Crippen molar-refractivity contribution in [3.8, 4) is 0 Å². The van der Waals surface area contributed by atoms with Crippen molar-refractivity contribution in [1.29, 1.82) is 0 Å². The molecule has 4 heterocycles. The van der Waals surface area contributed by atoms with Gasteiger partial charge in [0.15, 0.2) is 11.5 Å². The molecule has 1 saturated heterocycles. The Bertz CT molecular complexity index is 1110. The van der Waals surface area contributed by atoms with Crippen LogP contribution in [0.2, 0.25) is 0 Å². The number of aryl methyl sites for hydroxylation is 1. The van der Waals surface area contributed by atoms with Gasteiger partial charge in [-0.3, -0.25) is 4.79 Å². The molecule has 1 aliphatic heterocycles. The summed E-state index contributed by atoms with van der Waals surface area (Å²) in [6, 6.07) is 1.25. The summed E-state index contributed by atoms with van der Waals surface area (Å²) >= 11 is 0. The molecule has 1 aliphatic carbocycles. The molecule has 9 heteroatoms. The number of anilines is 2. The van der Waals surface area contributed by atoms with Crippen LogP contribution in [-0.2, 0) is 0 Å². The second-order valence-electron chi connectivity index (χ2n) is 8.24. The van der Waals surface area contributed by atoms with Crippen molar-refractivity contribution in [2.75, 3.05) is 30.4 Å². The van der Waals surface area contributed by atoms with Gasteiger partial charge < -0.3 is 19.9 Å². The van der Waals surface area contributed by atoms with E-state index in [9.17, 15) is 9.18 Å². The van der Waals surface area contributed by atoms with Crippen LogP contribution in [-0.4, -0.2) is 50.9 Å². The summed E-state index contributed by atoms with van der Waals surface area (Å²) in [6.45, 7) is 3.68. The van der Waals surface area contributed by atoms with Gasteiger partial charge in [-0.25, -0.2) is 19.3 Å². The molecule has 0 unspecified atom stereocenters. The van der Waals surface area contributed by atoms with E-state index in [4.69, 9.17) is 0 Å². The Kier molecular flexibility index (Phi) is 4.43. The van der Waals surface area contributed by atoms with E-state index in [1.165, 1.54) is 25.1 Å². The van der Waals surface area contributed by atoms with Crippen molar-refractivity contribution < 1.29 is 9.18 Å². The van der Waals surface area contributed by atoms with Gasteiger partial charge in [0.05, 0.1) is 23.8 Å². The average Bonchev–Trinajstić information content (AvgIpc) is 3.20. The molecule has 0 radical (unpaired) electrons. The molecule has 8 nitrogen and oxygen atoms in total. The van der Waals surface area contributed by atoms with Gasteiger partial charge in [-0.1, -0.05) is 0 Å². The standard InChI is InChI=1S/C21H24FN7O/c1-13-10-29-12-15(7-16(22)19(29)26-13)27-20(30)17-8-25-18(9-24-17)28-6-3-14(11-28)21(23-2)4-5-21/h7-10,12,14,23H,3-6,11H2,1-2H3,(H,27,30)/t14-/m0/s1. The molecular formula is C21H24FN7O. The lowest BCUT2D eigenvalue weighted by molar-refractivity contribution is 0.102. The van der Waals surface area contributed by atoms with Crippen LogP contribution >= 0.6 is 0 Å². The van der Waals surface area contributed by atoms with Crippen LogP contribution in [0.5, 0.6) is 0 Å². The van der Waals surface area contributed by atoms with Gasteiger partial charge in [0.2, 0.25) is 0 Å². The fraction of sp³-hybridized carbons (Fsp3) is 0.429. The number of amides is 1. The normalized spacial score (nSPS) is 20.0. The molecule has 0 bridgehead atoms. The molecule has 2 fully saturated rings. The number of carbonyl (C=O) groups is 1. The van der Waals surface area contributed by atoms with E-state index in [0.29, 0.717) is 22.8 Å². The molecule has 5 rings (SSSR count). The van der Waals surface area contributed by atoms with Gasteiger partial charge in [-0.2, -0.15) is 0 Å². The Balaban J connectivity index is 1.27. The summed E-state index contributed by atoms with van der Waals surface area (Å²) in [5, 5.41) is 6.16. The third-order valence-electron chi connectivity index (χ3n) is 6.34. The molecule has 0 spiro atoms. The number of nitrogens with zero attached hydrogens (tertiary/aromatic N) is 5. The van der Waals surface area contributed by atoms with Crippen molar-refractivity contribution >= 4 is 23.1 Å². The monoisotopic (exact) mass is 409 g/mol. The molecule has 3 aromatic rings. The maximum atomic E-state index is 14.2. The first-order chi connectivity index (χ1) is 14.5. The van der Waals surface area contributed by atoms with Crippen LogP contribution < -0.4 is 15.5 Å². The highest BCUT2D eigenvalue weighted by Gasteiger charge is 2.50. The minimum absolute atomic E-state index is 0.186. The van der Waals surface area contributed by atoms with Gasteiger partial charge in [-0.15, -0.1) is 0 Å². The Hall–Kier alpha value is -3.07. The predicted octanol–water partition coefficient (Wildman–Crippen LogP) is 2.40. The number of hydrogen-bond donors (Lipinski definition) is 2. The quantitative estimate of drug-likeness (QED) is 0.673. The molecule has 3 aromatic heterocycles. The van der Waals surface area contributed by atoms with E-state index in [2.05, 4.69) is 30.5 Å². The Morgan fingerprint density at radius 3 is 2.80 bits per heavy atom. The Labute approximate surface area is 173 Å². The summed E-state index contributed by atoms with van der Waals surface area (Å²) < 4.78 is 15.8. The van der Waals surface area contributed by atoms with Gasteiger partial charge in [0, 0.05) is 37.1 Å². The van der Waals surface area contributed by atoms with E-state index in [1.807, 2.05) is 7.05 Å². The summed E-state index contributed by atoms with van der Waals surface area (Å²) in [5.74, 6) is 0.461. The number of carbonyl (C=O) groups excluding carboxylic acids is 1. The zero-order valence-electron chi connectivity index (χ0n) is 17.0. The SMILES string of the molecule is CNC1([C@H]2CCN(c3cnc(C(=O)Nc4cc(F)c5nc(C)cn5c4)cn3)C2)CC1. The first-order valence-corrected chi connectivity index (χ1v) is 10.2. The zero-order valence-corrected chi connectivity index (χ0v) is 17.0. The number of pyridine rings is 1. The lowest BCUT2D eigenvalue weighted by Gasteiger charge is -2.23. The fourth-order valence-corrected chi connectivity index (χ4v) is 4.46. The molecule has 2 aliphatic rings. The molecule has 2 N–H and O–H groups in total. The third kappa shape index (κ3) is 3.28. The summed E-state index contributed by atoms with van der Waals surface area (Å²) in [6.07, 6.45) is 10.0. The van der Waals surface area contributed by atoms with Crippen molar-refractivity contribution in [3.05, 3.63) is 48.1 Å². The van der Waals surface area contributed by atoms with Gasteiger partial charge >= 0.3 is 0 Å². The number of fused-ring (bicyclic) bond motifs is 1. The fourth-order valence-electron chi connectivity index (χ4n) is 4.46. The number of aromatic nitrogens is 4. The molecule has 0 aromatic carbocycles. The molecule has 30 heavy (non-hydrogen) atoms. The largest absolute Gasteiger partial charge is 0.355 e. The highest BCUT2D eigenvalue weighted by molar-refractivity contribution is 6.02. The van der Waals surface area contributed by atoms with E-state index >= 15 is 0 Å². The third-order valence-corrected chi connectivity index (χ3v) is 6.34. The van der Waals surface area contributed by atoms with E-state index in [0.717, 1.165) is 25.3 Å². The van der Waals surface area contributed by atoms with Crippen molar-refractivity contribution in [1.82, 2.24) is 24.7 Å². The minimum atomic E-state index is -0.499. The van der Waals surface area contributed by atoms with Gasteiger partial charge in [0.25, 0.3) is 5.91 Å². The molecule has 156 valence electrons. The van der Waals surface area contributed by atoms with Crippen LogP contribution in [0.15, 0.2) is 30.9 Å². The van der Waals surface area contributed by atoms with Crippen LogP contribution in [0.3, 0.4) is 0 Å². The minimum Gasteiger partial charge on any atom is -0.355 e. The zero-order chi connectivity index (χ0) is 20.9. The number of rotatable bonds is 5. The maximum Gasteiger partial charge on any atom is 0.275 e. The topological polar surface area (TPSA) is 87.5 Å². The van der Waals surface area contributed by atoms with Crippen LogP contribution in [0.1, 0.15) is 35.4 Å². The van der Waals surface area contributed by atoms with Gasteiger partial charge in [0.1, 0.15) is 11.5 Å².